The third kappa shape index (κ3) is 4.35. The van der Waals surface area contributed by atoms with Gasteiger partial charge in [0, 0.05) is 18.0 Å². The molecule has 0 radical (unpaired) electrons. The highest BCUT2D eigenvalue weighted by molar-refractivity contribution is 7.86. The van der Waals surface area contributed by atoms with Crippen molar-refractivity contribution in [2.24, 2.45) is 0 Å². The molecule has 146 valence electrons. The van der Waals surface area contributed by atoms with Gasteiger partial charge in [0.1, 0.15) is 29.2 Å². The van der Waals surface area contributed by atoms with E-state index >= 15 is 0 Å². The maximum absolute atomic E-state index is 11.3. The first-order valence-electron chi connectivity index (χ1n) is 7.56. The van der Waals surface area contributed by atoms with Crippen molar-refractivity contribution in [1.29, 1.82) is 0 Å². The van der Waals surface area contributed by atoms with E-state index in [0.29, 0.717) is 11.1 Å². The molecule has 0 bridgehead atoms. The molecule has 0 spiro atoms. The lowest BCUT2D eigenvalue weighted by molar-refractivity contribution is -0.254. The topological polar surface area (TPSA) is 159 Å². The van der Waals surface area contributed by atoms with Crippen molar-refractivity contribution < 1.29 is 37.8 Å². The zero-order valence-corrected chi connectivity index (χ0v) is 15.0. The first-order valence-corrected chi connectivity index (χ1v) is 9.44. The highest BCUT2D eigenvalue weighted by atomic mass is 35.5. The molecule has 0 aliphatic carbocycles. The van der Waals surface area contributed by atoms with Crippen LogP contribution in [0.2, 0.25) is 5.15 Å². The molecule has 1 saturated heterocycles. The second-order valence-corrected chi connectivity index (χ2v) is 7.64. The van der Waals surface area contributed by atoms with Crippen molar-refractivity contribution in [3.8, 4) is 16.9 Å². The maximum Gasteiger partial charge on any atom is 0.295 e. The lowest BCUT2D eigenvalue weighted by atomic mass is 10.1. The summed E-state index contributed by atoms with van der Waals surface area (Å²) in [6.07, 6.45) is -3.18. The van der Waals surface area contributed by atoms with Crippen molar-refractivity contribution in [3.63, 3.8) is 0 Å². The summed E-state index contributed by atoms with van der Waals surface area (Å²) in [6, 6.07) is 4.77. The molecule has 1 aliphatic heterocycles. The zero-order chi connectivity index (χ0) is 19.8. The second-order valence-electron chi connectivity index (χ2n) is 5.75. The van der Waals surface area contributed by atoms with Crippen LogP contribution in [-0.4, -0.2) is 68.3 Å². The number of ether oxygens (including phenoxy) is 2. The Labute approximate surface area is 158 Å². The van der Waals surface area contributed by atoms with Gasteiger partial charge in [0.15, 0.2) is 0 Å². The average Bonchev–Trinajstić information content (AvgIpc) is 2.61. The van der Waals surface area contributed by atoms with Gasteiger partial charge in [-0.05, 0) is 23.8 Å². The maximum atomic E-state index is 11.3. The summed E-state index contributed by atoms with van der Waals surface area (Å²) in [5, 5.41) is 29.8. The Morgan fingerprint density at radius 2 is 1.81 bits per heavy atom. The van der Waals surface area contributed by atoms with Crippen molar-refractivity contribution in [1.82, 2.24) is 9.97 Å². The van der Waals surface area contributed by atoms with Gasteiger partial charge in [0.25, 0.3) is 10.1 Å². The van der Waals surface area contributed by atoms with Crippen LogP contribution < -0.4 is 4.74 Å². The fourth-order valence-corrected chi connectivity index (χ4v) is 3.46. The van der Waals surface area contributed by atoms with E-state index in [4.69, 9.17) is 25.6 Å². The number of halogens is 1. The SMILES string of the molecule is O=S(=O)(O)C1O[C@@H](Oc2cncc(-c3ccnc(Cl)c3)c2)[C@H](O)[C@@H](O)[C@@H]1O. The fourth-order valence-electron chi connectivity index (χ4n) is 2.52. The van der Waals surface area contributed by atoms with Gasteiger partial charge < -0.3 is 24.8 Å². The minimum absolute atomic E-state index is 0.0714. The Bertz CT molecular complexity index is 928. The largest absolute Gasteiger partial charge is 0.460 e. The summed E-state index contributed by atoms with van der Waals surface area (Å²) >= 11 is 5.85. The Morgan fingerprint density at radius 3 is 2.48 bits per heavy atom. The first-order chi connectivity index (χ1) is 12.7. The van der Waals surface area contributed by atoms with Crippen LogP contribution in [0, 0.1) is 0 Å². The quantitative estimate of drug-likeness (QED) is 0.387. The molecule has 2 aromatic heterocycles. The molecule has 1 aliphatic rings. The third-order valence-corrected chi connectivity index (χ3v) is 5.03. The molecule has 1 unspecified atom stereocenters. The number of nitrogens with zero attached hydrogens (tertiary/aromatic N) is 2. The smallest absolute Gasteiger partial charge is 0.295 e. The van der Waals surface area contributed by atoms with Gasteiger partial charge >= 0.3 is 0 Å². The van der Waals surface area contributed by atoms with Crippen LogP contribution in [0.15, 0.2) is 36.8 Å². The molecule has 12 heteroatoms. The first kappa shape index (κ1) is 19.9. The van der Waals surface area contributed by atoms with Gasteiger partial charge in [-0.15, -0.1) is 0 Å². The van der Waals surface area contributed by atoms with Crippen LogP contribution in [0.1, 0.15) is 0 Å². The van der Waals surface area contributed by atoms with E-state index in [1.807, 2.05) is 0 Å². The van der Waals surface area contributed by atoms with Crippen molar-refractivity contribution in [2.45, 2.75) is 30.0 Å². The average molecular weight is 419 g/mol. The second kappa shape index (κ2) is 7.64. The van der Waals surface area contributed by atoms with Crippen LogP contribution in [0.4, 0.5) is 0 Å². The van der Waals surface area contributed by atoms with Crippen LogP contribution >= 0.6 is 11.6 Å². The normalized spacial score (nSPS) is 28.7. The summed E-state index contributed by atoms with van der Waals surface area (Å²) in [5.74, 6) is 0.0714. The predicted octanol–water partition coefficient (Wildman–Crippen LogP) is -0.171. The highest BCUT2D eigenvalue weighted by Gasteiger charge is 2.50. The number of hydrogen-bond acceptors (Lipinski definition) is 9. The van der Waals surface area contributed by atoms with Gasteiger partial charge in [-0.25, -0.2) is 4.98 Å². The van der Waals surface area contributed by atoms with Crippen LogP contribution in [0.25, 0.3) is 11.1 Å². The summed E-state index contributed by atoms with van der Waals surface area (Å²) < 4.78 is 42.1. The molecule has 0 amide bonds. The van der Waals surface area contributed by atoms with Crippen molar-refractivity contribution in [2.75, 3.05) is 0 Å². The number of rotatable bonds is 4. The van der Waals surface area contributed by atoms with E-state index < -0.39 is 40.2 Å². The van der Waals surface area contributed by atoms with Gasteiger partial charge in [0.05, 0.1) is 6.20 Å². The zero-order valence-electron chi connectivity index (χ0n) is 13.5. The van der Waals surface area contributed by atoms with Gasteiger partial charge in [-0.1, -0.05) is 11.6 Å². The van der Waals surface area contributed by atoms with Crippen LogP contribution in [0.3, 0.4) is 0 Å². The summed E-state index contributed by atoms with van der Waals surface area (Å²) in [4.78, 5) is 7.84. The number of hydrogen-bond donors (Lipinski definition) is 4. The van der Waals surface area contributed by atoms with Gasteiger partial charge in [0.2, 0.25) is 11.7 Å². The predicted molar refractivity (Wildman–Crippen MR) is 91.3 cm³/mol. The number of aliphatic hydroxyl groups is 3. The molecule has 4 N–H and O–H groups in total. The molecular weight excluding hydrogens is 404 g/mol. The fraction of sp³-hybridized carbons (Fsp3) is 0.333. The van der Waals surface area contributed by atoms with E-state index in [-0.39, 0.29) is 10.9 Å². The standard InChI is InChI=1S/C15H15ClN2O8S/c16-10-4-7(1-2-18-10)8-3-9(6-17-5-8)25-14-12(20)11(19)13(21)15(26-14)27(22,23)24/h1-6,11-15,19-21H,(H,22,23,24)/t11-,12-,13+,14-,15?/m1/s1. The molecule has 27 heavy (non-hydrogen) atoms. The molecule has 0 saturated carbocycles. The minimum atomic E-state index is -4.87. The van der Waals surface area contributed by atoms with Crippen LogP contribution in [0.5, 0.6) is 5.75 Å². The van der Waals surface area contributed by atoms with E-state index in [0.717, 1.165) is 0 Å². The molecule has 5 atom stereocenters. The molecule has 3 heterocycles. The minimum Gasteiger partial charge on any atom is -0.460 e. The van der Waals surface area contributed by atoms with E-state index in [1.54, 1.807) is 12.1 Å². The van der Waals surface area contributed by atoms with Crippen molar-refractivity contribution >= 4 is 21.7 Å². The lowest BCUT2D eigenvalue weighted by Crippen LogP contribution is -2.61. The van der Waals surface area contributed by atoms with E-state index in [9.17, 15) is 23.7 Å². The monoisotopic (exact) mass is 418 g/mol. The Hall–Kier alpha value is -1.86. The number of aliphatic hydroxyl groups excluding tert-OH is 3. The van der Waals surface area contributed by atoms with Crippen LogP contribution in [-0.2, 0) is 14.9 Å². The molecule has 10 nitrogen and oxygen atoms in total. The van der Waals surface area contributed by atoms with E-state index in [1.165, 1.54) is 24.7 Å². The summed E-state index contributed by atoms with van der Waals surface area (Å²) in [7, 11) is -4.87. The molecule has 2 aromatic rings. The number of aromatic nitrogens is 2. The highest BCUT2D eigenvalue weighted by Crippen LogP contribution is 2.29. The molecule has 3 rings (SSSR count). The summed E-state index contributed by atoms with van der Waals surface area (Å²) in [6.45, 7) is 0. The third-order valence-electron chi connectivity index (χ3n) is 3.84. The Morgan fingerprint density at radius 1 is 1.07 bits per heavy atom. The lowest BCUT2D eigenvalue weighted by Gasteiger charge is -2.38. The molecule has 1 fully saturated rings. The van der Waals surface area contributed by atoms with Gasteiger partial charge in [-0.3, -0.25) is 9.54 Å². The van der Waals surface area contributed by atoms with Crippen molar-refractivity contribution in [3.05, 3.63) is 41.9 Å². The molecule has 0 aromatic carbocycles. The summed E-state index contributed by atoms with van der Waals surface area (Å²) in [5.41, 5.74) is -0.936. The Kier molecular flexibility index (Phi) is 5.63. The molecular formula is C15H15ClN2O8S. The van der Waals surface area contributed by atoms with Gasteiger partial charge in [-0.2, -0.15) is 8.42 Å². The number of pyridine rings is 2. The van der Waals surface area contributed by atoms with E-state index in [2.05, 4.69) is 9.97 Å². The Balaban J connectivity index is 1.85.